The number of urea groups is 1. The van der Waals surface area contributed by atoms with Gasteiger partial charge >= 0.3 is 12.0 Å². The Bertz CT molecular complexity index is 476. The highest BCUT2D eigenvalue weighted by atomic mass is 16.5. The highest BCUT2D eigenvalue weighted by molar-refractivity contribution is 5.89. The smallest absolute Gasteiger partial charge is 0.341 e. The number of rotatable bonds is 6. The summed E-state index contributed by atoms with van der Waals surface area (Å²) in [5.41, 5.74) is 0.570. The van der Waals surface area contributed by atoms with Crippen LogP contribution in [0.15, 0.2) is 24.3 Å². The molecule has 0 aromatic heterocycles. The van der Waals surface area contributed by atoms with E-state index in [0.29, 0.717) is 24.4 Å². The van der Waals surface area contributed by atoms with Crippen LogP contribution in [0.5, 0.6) is 5.75 Å². The number of nitrogens with one attached hydrogen (secondary N) is 2. The Balaban J connectivity index is 2.41. The Morgan fingerprint density at radius 2 is 2.00 bits per heavy atom. The van der Waals surface area contributed by atoms with Gasteiger partial charge in [0.1, 0.15) is 5.75 Å². The molecule has 19 heavy (non-hydrogen) atoms. The lowest BCUT2D eigenvalue weighted by Gasteiger charge is -2.07. The second kappa shape index (κ2) is 7.61. The number of carboxylic acid groups (broad SMARTS) is 1. The molecule has 0 unspecified atom stereocenters. The fourth-order valence-electron chi connectivity index (χ4n) is 1.20. The van der Waals surface area contributed by atoms with Gasteiger partial charge in [-0.25, -0.2) is 9.59 Å². The fraction of sp³-hybridized carbons (Fsp3) is 0.231. The molecule has 0 atom stereocenters. The standard InChI is InChI=1S/C13H14N2O4/c1-2-3-8-14-13(18)15-10-4-6-11(7-5-10)19-9-12(16)17/h1,4-7H,3,8-9H2,(H,16,17)(H2,14,15,18). The fourth-order valence-corrected chi connectivity index (χ4v) is 1.20. The van der Waals surface area contributed by atoms with Crippen molar-refractivity contribution in [3.05, 3.63) is 24.3 Å². The minimum atomic E-state index is -1.05. The van der Waals surface area contributed by atoms with Gasteiger partial charge in [-0.2, -0.15) is 0 Å². The van der Waals surface area contributed by atoms with Crippen LogP contribution in [0.4, 0.5) is 10.5 Å². The molecular weight excluding hydrogens is 248 g/mol. The summed E-state index contributed by atoms with van der Waals surface area (Å²) in [7, 11) is 0. The minimum absolute atomic E-state index is 0.352. The molecule has 0 saturated carbocycles. The van der Waals surface area contributed by atoms with E-state index in [-0.39, 0.29) is 6.03 Å². The second-order valence-electron chi connectivity index (χ2n) is 3.54. The quantitative estimate of drug-likeness (QED) is 0.532. The molecule has 6 nitrogen and oxygen atoms in total. The highest BCUT2D eigenvalue weighted by Gasteiger charge is 2.02. The molecule has 0 aliphatic carbocycles. The molecule has 0 radical (unpaired) electrons. The number of hydrogen-bond donors (Lipinski definition) is 3. The molecule has 100 valence electrons. The number of carbonyl (C=O) groups is 2. The van der Waals surface area contributed by atoms with Crippen LogP contribution < -0.4 is 15.4 Å². The summed E-state index contributed by atoms with van der Waals surface area (Å²) in [6.45, 7) is 0.00148. The SMILES string of the molecule is C#CCCNC(=O)Nc1ccc(OCC(=O)O)cc1. The van der Waals surface area contributed by atoms with E-state index in [1.54, 1.807) is 24.3 Å². The molecule has 0 heterocycles. The predicted molar refractivity (Wildman–Crippen MR) is 70.0 cm³/mol. The Labute approximate surface area is 110 Å². The number of anilines is 1. The number of benzene rings is 1. The molecule has 0 saturated heterocycles. The number of terminal acetylenes is 1. The van der Waals surface area contributed by atoms with E-state index in [1.165, 1.54) is 0 Å². The number of carboxylic acids is 1. The van der Waals surface area contributed by atoms with Crippen molar-refractivity contribution in [3.8, 4) is 18.1 Å². The van der Waals surface area contributed by atoms with E-state index in [9.17, 15) is 9.59 Å². The van der Waals surface area contributed by atoms with Gasteiger partial charge in [-0.15, -0.1) is 12.3 Å². The molecule has 0 aliphatic heterocycles. The first kappa shape index (κ1) is 14.4. The van der Waals surface area contributed by atoms with Crippen molar-refractivity contribution in [2.45, 2.75) is 6.42 Å². The van der Waals surface area contributed by atoms with Crippen LogP contribution in [0.2, 0.25) is 0 Å². The van der Waals surface area contributed by atoms with Crippen molar-refractivity contribution >= 4 is 17.7 Å². The third kappa shape index (κ3) is 5.98. The molecule has 3 N–H and O–H groups in total. The number of amides is 2. The van der Waals surface area contributed by atoms with Crippen molar-refractivity contribution in [1.29, 1.82) is 0 Å². The first-order chi connectivity index (χ1) is 9.11. The van der Waals surface area contributed by atoms with Crippen LogP contribution in [0.3, 0.4) is 0 Å². The zero-order chi connectivity index (χ0) is 14.1. The van der Waals surface area contributed by atoms with Gasteiger partial charge < -0.3 is 20.5 Å². The summed E-state index contributed by atoms with van der Waals surface area (Å²) < 4.78 is 4.96. The number of carbonyl (C=O) groups excluding carboxylic acids is 1. The van der Waals surface area contributed by atoms with Crippen molar-refractivity contribution in [2.24, 2.45) is 0 Å². The van der Waals surface area contributed by atoms with Gasteiger partial charge in [-0.3, -0.25) is 0 Å². The summed E-state index contributed by atoms with van der Waals surface area (Å²) >= 11 is 0. The van der Waals surface area contributed by atoms with Gasteiger partial charge in [0.2, 0.25) is 0 Å². The summed E-state index contributed by atoms with van der Waals surface area (Å²) in [5, 5.41) is 13.6. The summed E-state index contributed by atoms with van der Waals surface area (Å²) in [6, 6.07) is 6.00. The van der Waals surface area contributed by atoms with Crippen molar-refractivity contribution in [3.63, 3.8) is 0 Å². The first-order valence-electron chi connectivity index (χ1n) is 5.55. The predicted octanol–water partition coefficient (Wildman–Crippen LogP) is 1.29. The molecule has 0 fully saturated rings. The molecule has 1 aromatic carbocycles. The summed E-state index contributed by atoms with van der Waals surface area (Å²) in [4.78, 5) is 21.7. The highest BCUT2D eigenvalue weighted by Crippen LogP contribution is 2.15. The van der Waals surface area contributed by atoms with E-state index < -0.39 is 12.6 Å². The first-order valence-corrected chi connectivity index (χ1v) is 5.55. The minimum Gasteiger partial charge on any atom is -0.482 e. The van der Waals surface area contributed by atoms with E-state index in [2.05, 4.69) is 16.6 Å². The Morgan fingerprint density at radius 3 is 2.58 bits per heavy atom. The van der Waals surface area contributed by atoms with Gasteiger partial charge in [0, 0.05) is 18.7 Å². The maximum absolute atomic E-state index is 11.4. The molecule has 0 spiro atoms. The van der Waals surface area contributed by atoms with Gasteiger partial charge in [-0.1, -0.05) is 0 Å². The molecule has 6 heteroatoms. The molecule has 0 bridgehead atoms. The normalized spacial score (nSPS) is 9.21. The number of hydrogen-bond acceptors (Lipinski definition) is 3. The van der Waals surface area contributed by atoms with Gasteiger partial charge in [-0.05, 0) is 24.3 Å². The average Bonchev–Trinajstić information content (AvgIpc) is 2.38. The molecule has 0 aliphatic rings. The van der Waals surface area contributed by atoms with Crippen LogP contribution >= 0.6 is 0 Å². The van der Waals surface area contributed by atoms with Crippen LogP contribution in [-0.4, -0.2) is 30.3 Å². The third-order valence-corrected chi connectivity index (χ3v) is 2.03. The van der Waals surface area contributed by atoms with E-state index >= 15 is 0 Å². The number of ether oxygens (including phenoxy) is 1. The topological polar surface area (TPSA) is 87.7 Å². The van der Waals surface area contributed by atoms with Crippen molar-refractivity contribution < 1.29 is 19.4 Å². The van der Waals surface area contributed by atoms with Crippen LogP contribution in [0.1, 0.15) is 6.42 Å². The van der Waals surface area contributed by atoms with E-state index in [0.717, 1.165) is 0 Å². The Morgan fingerprint density at radius 1 is 1.32 bits per heavy atom. The lowest BCUT2D eigenvalue weighted by Crippen LogP contribution is -2.29. The maximum atomic E-state index is 11.4. The lowest BCUT2D eigenvalue weighted by molar-refractivity contribution is -0.139. The Kier molecular flexibility index (Phi) is 5.76. The maximum Gasteiger partial charge on any atom is 0.341 e. The van der Waals surface area contributed by atoms with Crippen LogP contribution in [0, 0.1) is 12.3 Å². The second-order valence-corrected chi connectivity index (χ2v) is 3.54. The van der Waals surface area contributed by atoms with Crippen LogP contribution in [-0.2, 0) is 4.79 Å². The average molecular weight is 262 g/mol. The monoisotopic (exact) mass is 262 g/mol. The van der Waals surface area contributed by atoms with Crippen molar-refractivity contribution in [2.75, 3.05) is 18.5 Å². The van der Waals surface area contributed by atoms with E-state index in [4.69, 9.17) is 16.3 Å². The number of aliphatic carboxylic acids is 1. The molecule has 1 rings (SSSR count). The third-order valence-electron chi connectivity index (χ3n) is 2.03. The summed E-state index contributed by atoms with van der Waals surface area (Å²) in [6.07, 6.45) is 5.52. The largest absolute Gasteiger partial charge is 0.482 e. The van der Waals surface area contributed by atoms with Crippen molar-refractivity contribution in [1.82, 2.24) is 5.32 Å². The lowest BCUT2D eigenvalue weighted by atomic mass is 10.3. The van der Waals surface area contributed by atoms with Gasteiger partial charge in [0.15, 0.2) is 6.61 Å². The zero-order valence-corrected chi connectivity index (χ0v) is 10.2. The van der Waals surface area contributed by atoms with E-state index in [1.807, 2.05) is 0 Å². The van der Waals surface area contributed by atoms with Crippen LogP contribution in [0.25, 0.3) is 0 Å². The zero-order valence-electron chi connectivity index (χ0n) is 10.2. The molecule has 1 aromatic rings. The molecule has 2 amide bonds. The summed E-state index contributed by atoms with van der Waals surface area (Å²) in [5.74, 6) is 1.78. The Hall–Kier alpha value is -2.68. The van der Waals surface area contributed by atoms with Gasteiger partial charge in [0.05, 0.1) is 0 Å². The molecular formula is C13H14N2O4. The van der Waals surface area contributed by atoms with Gasteiger partial charge in [0.25, 0.3) is 0 Å².